The lowest BCUT2D eigenvalue weighted by atomic mass is 10.0. The van der Waals surface area contributed by atoms with Crippen LogP contribution >= 0.6 is 0 Å². The fourth-order valence-electron chi connectivity index (χ4n) is 8.67. The smallest absolute Gasteiger partial charge is 0.306 e. The van der Waals surface area contributed by atoms with Gasteiger partial charge in [0.2, 0.25) is 0 Å². The summed E-state index contributed by atoms with van der Waals surface area (Å²) in [5, 5.41) is 0. The van der Waals surface area contributed by atoms with Crippen molar-refractivity contribution in [1.82, 2.24) is 0 Å². The first-order valence-corrected chi connectivity index (χ1v) is 29.6. The van der Waals surface area contributed by atoms with Gasteiger partial charge in [-0.05, 0) is 57.8 Å². The lowest BCUT2D eigenvalue weighted by Gasteiger charge is -2.18. The Morgan fingerprint density at radius 1 is 0.309 bits per heavy atom. The van der Waals surface area contributed by atoms with Crippen LogP contribution in [0.1, 0.15) is 310 Å². The number of unbranched alkanes of at least 4 members (excludes halogenated alkanes) is 35. The molecule has 396 valence electrons. The van der Waals surface area contributed by atoms with E-state index in [2.05, 4.69) is 69.4 Å². The number of esters is 3. The molecule has 6 heteroatoms. The predicted molar refractivity (Wildman–Crippen MR) is 293 cm³/mol. The minimum Gasteiger partial charge on any atom is -0.462 e. The standard InChI is InChI=1S/C62H112O6/c1-4-7-10-13-16-19-22-25-27-29-30-31-32-34-35-37-40-43-46-49-52-55-61(64)67-58-59(57-66-60(63)54-51-48-45-42-39-24-21-18-15-12-9-6-3)68-62(65)56-53-50-47-44-41-38-36-33-28-26-23-20-17-14-11-8-5-2/h8,11,17,20,26,28,36,38,59H,4-7,9-10,12-16,18-19,21-25,27,29-35,37,39-58H2,1-3H3/b11-8-,20-17-,28-26-,38-36-/t59-/m0/s1. The molecule has 0 rings (SSSR count). The van der Waals surface area contributed by atoms with E-state index in [0.717, 1.165) is 96.3 Å². The third kappa shape index (κ3) is 54.3. The monoisotopic (exact) mass is 953 g/mol. The normalized spacial score (nSPS) is 12.3. The van der Waals surface area contributed by atoms with E-state index in [-0.39, 0.29) is 31.1 Å². The Morgan fingerprint density at radius 3 is 0.897 bits per heavy atom. The zero-order valence-electron chi connectivity index (χ0n) is 45.4. The van der Waals surface area contributed by atoms with Crippen molar-refractivity contribution in [3.8, 4) is 0 Å². The van der Waals surface area contributed by atoms with E-state index in [1.165, 1.54) is 173 Å². The van der Waals surface area contributed by atoms with Crippen LogP contribution < -0.4 is 0 Å². The first-order valence-electron chi connectivity index (χ1n) is 29.6. The minimum absolute atomic E-state index is 0.0788. The Morgan fingerprint density at radius 2 is 0.574 bits per heavy atom. The Balaban J connectivity index is 4.31. The summed E-state index contributed by atoms with van der Waals surface area (Å²) in [4.78, 5) is 38.1. The van der Waals surface area contributed by atoms with Crippen LogP contribution in [-0.2, 0) is 28.6 Å². The van der Waals surface area contributed by atoms with Gasteiger partial charge in [0.1, 0.15) is 13.2 Å². The van der Waals surface area contributed by atoms with E-state index in [1.807, 2.05) is 0 Å². The molecule has 0 heterocycles. The Bertz CT molecular complexity index is 1190. The first kappa shape index (κ1) is 65.4. The molecule has 0 aliphatic carbocycles. The SMILES string of the molecule is CC/C=C\C/C=C\C/C=C\C/C=C\CCCCCCC(=O)O[C@@H](COC(=O)CCCCCCCCCCCCCC)COC(=O)CCCCCCCCCCCCCCCCCCCCCCC. The number of carbonyl (C=O) groups excluding carboxylic acids is 3. The molecular weight excluding hydrogens is 841 g/mol. The van der Waals surface area contributed by atoms with Gasteiger partial charge >= 0.3 is 17.9 Å². The maximum absolute atomic E-state index is 12.8. The highest BCUT2D eigenvalue weighted by molar-refractivity contribution is 5.71. The molecule has 68 heavy (non-hydrogen) atoms. The molecule has 0 aliphatic heterocycles. The van der Waals surface area contributed by atoms with E-state index < -0.39 is 6.10 Å². The average Bonchev–Trinajstić information content (AvgIpc) is 3.34. The number of hydrogen-bond donors (Lipinski definition) is 0. The third-order valence-corrected chi connectivity index (χ3v) is 13.1. The lowest BCUT2D eigenvalue weighted by molar-refractivity contribution is -0.167. The van der Waals surface area contributed by atoms with E-state index in [4.69, 9.17) is 14.2 Å². The van der Waals surface area contributed by atoms with E-state index >= 15 is 0 Å². The van der Waals surface area contributed by atoms with E-state index in [9.17, 15) is 14.4 Å². The van der Waals surface area contributed by atoms with Crippen LogP contribution in [0.15, 0.2) is 48.6 Å². The molecule has 0 bridgehead atoms. The van der Waals surface area contributed by atoms with Crippen molar-refractivity contribution < 1.29 is 28.6 Å². The molecule has 0 radical (unpaired) electrons. The summed E-state index contributed by atoms with van der Waals surface area (Å²) in [5.74, 6) is -0.886. The summed E-state index contributed by atoms with van der Waals surface area (Å²) >= 11 is 0. The van der Waals surface area contributed by atoms with Gasteiger partial charge in [-0.2, -0.15) is 0 Å². The molecule has 0 spiro atoms. The van der Waals surface area contributed by atoms with Crippen LogP contribution in [-0.4, -0.2) is 37.2 Å². The average molecular weight is 954 g/mol. The molecule has 1 atom stereocenters. The van der Waals surface area contributed by atoms with Crippen LogP contribution in [0.2, 0.25) is 0 Å². The highest BCUT2D eigenvalue weighted by Gasteiger charge is 2.19. The molecule has 0 saturated heterocycles. The maximum atomic E-state index is 12.8. The Labute approximate surface area is 422 Å². The van der Waals surface area contributed by atoms with Crippen molar-refractivity contribution in [2.24, 2.45) is 0 Å². The van der Waals surface area contributed by atoms with E-state index in [1.54, 1.807) is 0 Å². The fraction of sp³-hybridized carbons (Fsp3) is 0.823. The Hall–Kier alpha value is -2.63. The van der Waals surface area contributed by atoms with Gasteiger partial charge in [0.05, 0.1) is 0 Å². The molecule has 6 nitrogen and oxygen atoms in total. The fourth-order valence-corrected chi connectivity index (χ4v) is 8.67. The van der Waals surface area contributed by atoms with Crippen LogP contribution in [0, 0.1) is 0 Å². The van der Waals surface area contributed by atoms with Gasteiger partial charge in [-0.3, -0.25) is 14.4 Å². The van der Waals surface area contributed by atoms with Gasteiger partial charge in [-0.1, -0.05) is 281 Å². The zero-order chi connectivity index (χ0) is 49.3. The number of ether oxygens (including phenoxy) is 3. The summed E-state index contributed by atoms with van der Waals surface area (Å²) in [5.41, 5.74) is 0. The van der Waals surface area contributed by atoms with Crippen molar-refractivity contribution in [1.29, 1.82) is 0 Å². The molecule has 0 amide bonds. The molecular formula is C62H112O6. The molecule has 0 aromatic rings. The maximum Gasteiger partial charge on any atom is 0.306 e. The molecule has 0 aliphatic rings. The molecule has 0 unspecified atom stereocenters. The van der Waals surface area contributed by atoms with Gasteiger partial charge < -0.3 is 14.2 Å². The zero-order valence-corrected chi connectivity index (χ0v) is 45.4. The predicted octanol–water partition coefficient (Wildman–Crippen LogP) is 19.8. The van der Waals surface area contributed by atoms with Gasteiger partial charge in [0.25, 0.3) is 0 Å². The summed E-state index contributed by atoms with van der Waals surface area (Å²) < 4.78 is 16.9. The second kappa shape index (κ2) is 57.0. The second-order valence-electron chi connectivity index (χ2n) is 19.9. The topological polar surface area (TPSA) is 78.9 Å². The van der Waals surface area contributed by atoms with Crippen LogP contribution in [0.3, 0.4) is 0 Å². The summed E-state index contributed by atoms with van der Waals surface area (Å²) in [6, 6.07) is 0. The molecule has 0 saturated carbocycles. The molecule has 0 fully saturated rings. The van der Waals surface area contributed by atoms with Crippen molar-refractivity contribution in [3.05, 3.63) is 48.6 Å². The lowest BCUT2D eigenvalue weighted by Crippen LogP contribution is -2.30. The number of rotatable bonds is 54. The second-order valence-corrected chi connectivity index (χ2v) is 19.9. The third-order valence-electron chi connectivity index (χ3n) is 13.1. The molecule has 0 aromatic carbocycles. The Kier molecular flexibility index (Phi) is 54.8. The largest absolute Gasteiger partial charge is 0.462 e. The van der Waals surface area contributed by atoms with Gasteiger partial charge in [0.15, 0.2) is 6.10 Å². The quantitative estimate of drug-likeness (QED) is 0.0262. The summed E-state index contributed by atoms with van der Waals surface area (Å²) in [6.45, 7) is 6.55. The molecule has 0 aromatic heterocycles. The van der Waals surface area contributed by atoms with Gasteiger partial charge in [0, 0.05) is 19.3 Å². The number of hydrogen-bond acceptors (Lipinski definition) is 6. The van der Waals surface area contributed by atoms with Gasteiger partial charge in [-0.25, -0.2) is 0 Å². The highest BCUT2D eigenvalue weighted by Crippen LogP contribution is 2.17. The van der Waals surface area contributed by atoms with Crippen molar-refractivity contribution in [2.75, 3.05) is 13.2 Å². The van der Waals surface area contributed by atoms with Crippen LogP contribution in [0.25, 0.3) is 0 Å². The van der Waals surface area contributed by atoms with Gasteiger partial charge in [-0.15, -0.1) is 0 Å². The van der Waals surface area contributed by atoms with Crippen molar-refractivity contribution >= 4 is 17.9 Å². The summed E-state index contributed by atoms with van der Waals surface area (Å²) in [6.07, 6.45) is 69.7. The van der Waals surface area contributed by atoms with Crippen LogP contribution in [0.4, 0.5) is 0 Å². The van der Waals surface area contributed by atoms with Crippen LogP contribution in [0.5, 0.6) is 0 Å². The first-order chi connectivity index (χ1) is 33.5. The number of carbonyl (C=O) groups is 3. The molecule has 0 N–H and O–H groups in total. The minimum atomic E-state index is -0.782. The highest BCUT2D eigenvalue weighted by atomic mass is 16.6. The summed E-state index contributed by atoms with van der Waals surface area (Å²) in [7, 11) is 0. The number of allylic oxidation sites excluding steroid dienone is 8. The van der Waals surface area contributed by atoms with Crippen molar-refractivity contribution in [2.45, 2.75) is 316 Å². The van der Waals surface area contributed by atoms with E-state index in [0.29, 0.717) is 19.3 Å². The van der Waals surface area contributed by atoms with Crippen molar-refractivity contribution in [3.63, 3.8) is 0 Å².